The van der Waals surface area contributed by atoms with Crippen LogP contribution >= 0.6 is 0 Å². The molecule has 3 aliphatic rings. The molecule has 0 aromatic rings. The summed E-state index contributed by atoms with van der Waals surface area (Å²) in [7, 11) is 0. The monoisotopic (exact) mass is 194 g/mol. The van der Waals surface area contributed by atoms with Gasteiger partial charge in [0.1, 0.15) is 0 Å². The maximum Gasteiger partial charge on any atom is 0.0218 e. The van der Waals surface area contributed by atoms with Crippen molar-refractivity contribution in [1.82, 2.24) is 10.6 Å². The predicted octanol–water partition coefficient (Wildman–Crippen LogP) is 1.37. The van der Waals surface area contributed by atoms with E-state index in [1.54, 1.807) is 0 Å². The van der Waals surface area contributed by atoms with Crippen LogP contribution in [0.25, 0.3) is 0 Å². The first-order valence-electron chi connectivity index (χ1n) is 6.29. The molecule has 3 fully saturated rings. The summed E-state index contributed by atoms with van der Waals surface area (Å²) >= 11 is 0. The molecule has 2 saturated carbocycles. The second-order valence-corrected chi connectivity index (χ2v) is 5.66. The zero-order valence-corrected chi connectivity index (χ0v) is 9.13. The molecule has 4 atom stereocenters. The van der Waals surface area contributed by atoms with E-state index in [2.05, 4.69) is 17.6 Å². The minimum Gasteiger partial charge on any atom is -0.312 e. The summed E-state index contributed by atoms with van der Waals surface area (Å²) in [4.78, 5) is 0. The number of rotatable bonds is 3. The zero-order valence-electron chi connectivity index (χ0n) is 9.13. The van der Waals surface area contributed by atoms with E-state index in [-0.39, 0.29) is 0 Å². The summed E-state index contributed by atoms with van der Waals surface area (Å²) in [6.45, 7) is 4.80. The Kier molecular flexibility index (Phi) is 2.29. The van der Waals surface area contributed by atoms with Gasteiger partial charge in [0, 0.05) is 18.6 Å². The Morgan fingerprint density at radius 1 is 1.21 bits per heavy atom. The summed E-state index contributed by atoms with van der Waals surface area (Å²) < 4.78 is 0. The van der Waals surface area contributed by atoms with Gasteiger partial charge in [-0.2, -0.15) is 0 Å². The van der Waals surface area contributed by atoms with Crippen LogP contribution in [-0.4, -0.2) is 25.2 Å². The highest BCUT2D eigenvalue weighted by atomic mass is 15.0. The quantitative estimate of drug-likeness (QED) is 0.709. The number of nitrogens with one attached hydrogen (secondary N) is 2. The molecule has 0 amide bonds. The first-order valence-corrected chi connectivity index (χ1v) is 6.29. The first kappa shape index (κ1) is 9.17. The summed E-state index contributed by atoms with van der Waals surface area (Å²) in [5.41, 5.74) is 0. The lowest BCUT2D eigenvalue weighted by Crippen LogP contribution is -2.41. The van der Waals surface area contributed by atoms with Gasteiger partial charge >= 0.3 is 0 Å². The van der Waals surface area contributed by atoms with E-state index in [4.69, 9.17) is 0 Å². The molecule has 0 aromatic heterocycles. The Labute approximate surface area is 86.8 Å². The van der Waals surface area contributed by atoms with E-state index in [1.165, 1.54) is 38.8 Å². The molecule has 0 bridgehead atoms. The molecule has 1 aliphatic heterocycles. The van der Waals surface area contributed by atoms with Crippen LogP contribution in [0.4, 0.5) is 0 Å². The summed E-state index contributed by atoms with van der Waals surface area (Å²) in [5.74, 6) is 3.10. The standard InChI is InChI=1S/C12H22N2/c1-8-2-3-13-12(8)7-14-11-5-9-4-10(9)6-11/h8-14H,2-7H2,1H3. The number of hydrogen-bond acceptors (Lipinski definition) is 2. The molecule has 0 aromatic carbocycles. The molecule has 1 saturated heterocycles. The third-order valence-corrected chi connectivity index (χ3v) is 4.56. The van der Waals surface area contributed by atoms with Gasteiger partial charge in [-0.15, -0.1) is 0 Å². The highest BCUT2D eigenvalue weighted by molar-refractivity contribution is 4.99. The Morgan fingerprint density at radius 3 is 2.64 bits per heavy atom. The largest absolute Gasteiger partial charge is 0.312 e. The maximum atomic E-state index is 3.75. The van der Waals surface area contributed by atoms with Crippen LogP contribution in [0.1, 0.15) is 32.6 Å². The molecule has 2 N–H and O–H groups in total. The third kappa shape index (κ3) is 1.70. The van der Waals surface area contributed by atoms with E-state index in [1.807, 2.05) is 0 Å². The van der Waals surface area contributed by atoms with Gasteiger partial charge in [0.15, 0.2) is 0 Å². The van der Waals surface area contributed by atoms with Gasteiger partial charge in [-0.05, 0) is 50.0 Å². The third-order valence-electron chi connectivity index (χ3n) is 4.56. The molecular formula is C12H22N2. The van der Waals surface area contributed by atoms with Crippen molar-refractivity contribution in [3.8, 4) is 0 Å². The van der Waals surface area contributed by atoms with Crippen molar-refractivity contribution < 1.29 is 0 Å². The molecule has 3 rings (SSSR count). The van der Waals surface area contributed by atoms with Crippen molar-refractivity contribution in [1.29, 1.82) is 0 Å². The van der Waals surface area contributed by atoms with E-state index >= 15 is 0 Å². The molecular weight excluding hydrogens is 172 g/mol. The van der Waals surface area contributed by atoms with Gasteiger partial charge < -0.3 is 10.6 Å². The van der Waals surface area contributed by atoms with Crippen LogP contribution in [0.5, 0.6) is 0 Å². The van der Waals surface area contributed by atoms with Gasteiger partial charge in [-0.1, -0.05) is 6.92 Å². The Balaban J connectivity index is 1.41. The van der Waals surface area contributed by atoms with Gasteiger partial charge in [0.25, 0.3) is 0 Å². The van der Waals surface area contributed by atoms with Crippen LogP contribution in [0, 0.1) is 17.8 Å². The topological polar surface area (TPSA) is 24.1 Å². The second kappa shape index (κ2) is 3.49. The number of fused-ring (bicyclic) bond motifs is 1. The highest BCUT2D eigenvalue weighted by Crippen LogP contribution is 2.51. The van der Waals surface area contributed by atoms with Crippen molar-refractivity contribution in [3.05, 3.63) is 0 Å². The van der Waals surface area contributed by atoms with Gasteiger partial charge in [0.05, 0.1) is 0 Å². The lowest BCUT2D eigenvalue weighted by molar-refractivity contribution is 0.400. The Hall–Kier alpha value is -0.0800. The average Bonchev–Trinajstić information content (AvgIpc) is 2.61. The Morgan fingerprint density at radius 2 is 2.00 bits per heavy atom. The SMILES string of the molecule is CC1CCNC1CNC1CC2CC2C1. The summed E-state index contributed by atoms with van der Waals surface area (Å²) in [5, 5.41) is 7.34. The van der Waals surface area contributed by atoms with Crippen molar-refractivity contribution in [2.75, 3.05) is 13.1 Å². The van der Waals surface area contributed by atoms with Gasteiger partial charge in [0.2, 0.25) is 0 Å². The Bertz CT molecular complexity index is 206. The van der Waals surface area contributed by atoms with E-state index in [9.17, 15) is 0 Å². The zero-order chi connectivity index (χ0) is 9.54. The minimum atomic E-state index is 0.743. The fourth-order valence-electron chi connectivity index (χ4n) is 3.35. The average molecular weight is 194 g/mol. The molecule has 2 nitrogen and oxygen atoms in total. The lowest BCUT2D eigenvalue weighted by atomic mass is 10.0. The van der Waals surface area contributed by atoms with Crippen molar-refractivity contribution in [3.63, 3.8) is 0 Å². The van der Waals surface area contributed by atoms with Crippen molar-refractivity contribution in [2.45, 2.75) is 44.7 Å². The minimum absolute atomic E-state index is 0.743. The summed E-state index contributed by atoms with van der Waals surface area (Å²) in [6.07, 6.45) is 5.83. The van der Waals surface area contributed by atoms with E-state index in [0.29, 0.717) is 0 Å². The van der Waals surface area contributed by atoms with Gasteiger partial charge in [-0.25, -0.2) is 0 Å². The molecule has 1 heterocycles. The van der Waals surface area contributed by atoms with E-state index < -0.39 is 0 Å². The molecule has 4 unspecified atom stereocenters. The molecule has 0 radical (unpaired) electrons. The van der Waals surface area contributed by atoms with Crippen molar-refractivity contribution >= 4 is 0 Å². The molecule has 0 spiro atoms. The van der Waals surface area contributed by atoms with Gasteiger partial charge in [-0.3, -0.25) is 0 Å². The molecule has 14 heavy (non-hydrogen) atoms. The fraction of sp³-hybridized carbons (Fsp3) is 1.00. The lowest BCUT2D eigenvalue weighted by Gasteiger charge is -2.20. The number of hydrogen-bond donors (Lipinski definition) is 2. The predicted molar refractivity (Wildman–Crippen MR) is 58.2 cm³/mol. The van der Waals surface area contributed by atoms with Crippen LogP contribution in [-0.2, 0) is 0 Å². The second-order valence-electron chi connectivity index (χ2n) is 5.66. The van der Waals surface area contributed by atoms with Crippen LogP contribution in [0.3, 0.4) is 0 Å². The van der Waals surface area contributed by atoms with Crippen LogP contribution in [0.2, 0.25) is 0 Å². The van der Waals surface area contributed by atoms with Crippen LogP contribution in [0.15, 0.2) is 0 Å². The molecule has 80 valence electrons. The van der Waals surface area contributed by atoms with E-state index in [0.717, 1.165) is 29.8 Å². The van der Waals surface area contributed by atoms with Crippen molar-refractivity contribution in [2.24, 2.45) is 17.8 Å². The molecule has 2 aliphatic carbocycles. The highest BCUT2D eigenvalue weighted by Gasteiger charge is 2.45. The smallest absolute Gasteiger partial charge is 0.0218 e. The maximum absolute atomic E-state index is 3.75. The normalized spacial score (nSPS) is 50.8. The summed E-state index contributed by atoms with van der Waals surface area (Å²) in [6, 6.07) is 1.60. The van der Waals surface area contributed by atoms with Crippen LogP contribution < -0.4 is 10.6 Å². The molecule has 2 heteroatoms. The fourth-order valence-corrected chi connectivity index (χ4v) is 3.35. The first-order chi connectivity index (χ1) is 6.83.